The van der Waals surface area contributed by atoms with Gasteiger partial charge in [-0.05, 0) is 35.9 Å². The van der Waals surface area contributed by atoms with Crippen LogP contribution in [0.4, 0.5) is 5.69 Å². The van der Waals surface area contributed by atoms with Gasteiger partial charge in [-0.25, -0.2) is 0 Å². The van der Waals surface area contributed by atoms with E-state index in [0.717, 1.165) is 28.2 Å². The zero-order valence-corrected chi connectivity index (χ0v) is 9.27. The maximum absolute atomic E-state index is 6.08. The predicted octanol–water partition coefficient (Wildman–Crippen LogP) is 3.26. The van der Waals surface area contributed by atoms with E-state index in [2.05, 4.69) is 16.0 Å². The highest BCUT2D eigenvalue weighted by molar-refractivity contribution is 5.78. The zero-order valence-electron chi connectivity index (χ0n) is 9.27. The largest absolute Gasteiger partial charge is 0.398 e. The van der Waals surface area contributed by atoms with Gasteiger partial charge in [0.15, 0.2) is 0 Å². The van der Waals surface area contributed by atoms with E-state index in [1.54, 1.807) is 0 Å². The molecule has 17 heavy (non-hydrogen) atoms. The van der Waals surface area contributed by atoms with Gasteiger partial charge in [0.1, 0.15) is 0 Å². The maximum atomic E-state index is 6.08. The van der Waals surface area contributed by atoms with Crippen molar-refractivity contribution in [2.24, 2.45) is 0 Å². The van der Waals surface area contributed by atoms with Gasteiger partial charge in [-0.2, -0.15) is 0 Å². The molecule has 2 aromatic heterocycles. The van der Waals surface area contributed by atoms with Crippen LogP contribution < -0.4 is 5.73 Å². The molecular formula is C14H13N3. The van der Waals surface area contributed by atoms with E-state index in [4.69, 9.17) is 5.73 Å². The first-order valence-electron chi connectivity index (χ1n) is 5.51. The molecule has 0 bridgehead atoms. The fourth-order valence-electron chi connectivity index (χ4n) is 1.98. The van der Waals surface area contributed by atoms with Crippen LogP contribution in [0.25, 0.3) is 22.5 Å². The summed E-state index contributed by atoms with van der Waals surface area (Å²) in [7, 11) is 0. The van der Waals surface area contributed by atoms with Crippen molar-refractivity contribution in [2.75, 3.05) is 5.73 Å². The van der Waals surface area contributed by atoms with Gasteiger partial charge in [0.25, 0.3) is 0 Å². The molecular weight excluding hydrogens is 210 g/mol. The van der Waals surface area contributed by atoms with Gasteiger partial charge in [-0.3, -0.25) is 0 Å². The van der Waals surface area contributed by atoms with E-state index in [-0.39, 0.29) is 0 Å². The molecule has 0 saturated heterocycles. The molecule has 0 aliphatic carbocycles. The molecule has 3 nitrogen and oxygen atoms in total. The third kappa shape index (κ3) is 1.72. The Morgan fingerprint density at radius 3 is 2.12 bits per heavy atom. The number of aromatic amines is 2. The van der Waals surface area contributed by atoms with Crippen molar-refractivity contribution in [1.29, 1.82) is 0 Å². The summed E-state index contributed by atoms with van der Waals surface area (Å²) < 4.78 is 0. The highest BCUT2D eigenvalue weighted by Crippen LogP contribution is 2.28. The lowest BCUT2D eigenvalue weighted by molar-refractivity contribution is 1.39. The summed E-state index contributed by atoms with van der Waals surface area (Å²) in [6.07, 6.45) is 3.80. The lowest BCUT2D eigenvalue weighted by Gasteiger charge is -2.06. The molecule has 0 unspecified atom stereocenters. The van der Waals surface area contributed by atoms with Crippen molar-refractivity contribution in [3.8, 4) is 22.5 Å². The molecule has 3 rings (SSSR count). The van der Waals surface area contributed by atoms with Crippen LogP contribution >= 0.6 is 0 Å². The molecule has 0 saturated carbocycles. The quantitative estimate of drug-likeness (QED) is 0.574. The molecule has 3 aromatic rings. The molecule has 84 valence electrons. The summed E-state index contributed by atoms with van der Waals surface area (Å²) in [5.41, 5.74) is 11.1. The van der Waals surface area contributed by atoms with Crippen LogP contribution in [-0.2, 0) is 0 Å². The molecule has 0 amide bonds. The van der Waals surface area contributed by atoms with Crippen LogP contribution in [0.15, 0.2) is 54.9 Å². The lowest BCUT2D eigenvalue weighted by Crippen LogP contribution is -1.91. The number of nitrogens with one attached hydrogen (secondary N) is 2. The van der Waals surface area contributed by atoms with Gasteiger partial charge in [0.2, 0.25) is 0 Å². The number of hydrogen-bond acceptors (Lipinski definition) is 1. The Labute approximate surface area is 99.3 Å². The average molecular weight is 223 g/mol. The number of aromatic nitrogens is 2. The van der Waals surface area contributed by atoms with E-state index < -0.39 is 0 Å². The first-order valence-corrected chi connectivity index (χ1v) is 5.51. The average Bonchev–Trinajstić information content (AvgIpc) is 3.02. The van der Waals surface area contributed by atoms with Crippen molar-refractivity contribution < 1.29 is 0 Å². The number of anilines is 1. The monoisotopic (exact) mass is 223 g/mol. The Hall–Kier alpha value is -2.42. The smallest absolute Gasteiger partial charge is 0.0474 e. The Morgan fingerprint density at radius 2 is 1.53 bits per heavy atom. The fourth-order valence-corrected chi connectivity index (χ4v) is 1.98. The molecule has 0 aliphatic heterocycles. The minimum absolute atomic E-state index is 0.777. The van der Waals surface area contributed by atoms with Gasteiger partial charge in [0, 0.05) is 35.0 Å². The number of benzene rings is 1. The van der Waals surface area contributed by atoms with Gasteiger partial charge in [-0.1, -0.05) is 12.1 Å². The second kappa shape index (κ2) is 3.87. The molecule has 3 heteroatoms. The SMILES string of the molecule is Nc1cc(-c2ccc[nH]2)ccc1-c1ccc[nH]1. The zero-order chi connectivity index (χ0) is 11.7. The lowest BCUT2D eigenvalue weighted by atomic mass is 10.0. The van der Waals surface area contributed by atoms with Crippen LogP contribution in [0, 0.1) is 0 Å². The molecule has 4 N–H and O–H groups in total. The van der Waals surface area contributed by atoms with Gasteiger partial charge >= 0.3 is 0 Å². The highest BCUT2D eigenvalue weighted by Gasteiger charge is 2.05. The van der Waals surface area contributed by atoms with Crippen molar-refractivity contribution in [2.45, 2.75) is 0 Å². The molecule has 0 radical (unpaired) electrons. The van der Waals surface area contributed by atoms with Crippen LogP contribution in [0.2, 0.25) is 0 Å². The van der Waals surface area contributed by atoms with Gasteiger partial charge < -0.3 is 15.7 Å². The van der Waals surface area contributed by atoms with E-state index in [1.807, 2.05) is 48.8 Å². The van der Waals surface area contributed by atoms with Crippen molar-refractivity contribution in [3.05, 3.63) is 54.9 Å². The Balaban J connectivity index is 2.06. The molecule has 0 spiro atoms. The first-order chi connectivity index (χ1) is 8.34. The van der Waals surface area contributed by atoms with E-state index >= 15 is 0 Å². The molecule has 0 atom stereocenters. The summed E-state index contributed by atoms with van der Waals surface area (Å²) in [6, 6.07) is 14.1. The van der Waals surface area contributed by atoms with Crippen molar-refractivity contribution in [3.63, 3.8) is 0 Å². The Kier molecular flexibility index (Phi) is 2.22. The molecule has 0 fully saturated rings. The Bertz CT molecular complexity index is 607. The first kappa shape index (κ1) is 9.78. The number of hydrogen-bond donors (Lipinski definition) is 3. The summed E-state index contributed by atoms with van der Waals surface area (Å²) in [5.74, 6) is 0. The maximum Gasteiger partial charge on any atom is 0.0474 e. The third-order valence-electron chi connectivity index (χ3n) is 2.85. The van der Waals surface area contributed by atoms with Crippen molar-refractivity contribution >= 4 is 5.69 Å². The van der Waals surface area contributed by atoms with E-state index in [0.29, 0.717) is 0 Å². The number of nitrogens with two attached hydrogens (primary N) is 1. The minimum Gasteiger partial charge on any atom is -0.398 e. The van der Waals surface area contributed by atoms with E-state index in [9.17, 15) is 0 Å². The predicted molar refractivity (Wildman–Crippen MR) is 70.4 cm³/mol. The number of nitrogen functional groups attached to an aromatic ring is 1. The second-order valence-corrected chi connectivity index (χ2v) is 3.97. The number of H-pyrrole nitrogens is 2. The van der Waals surface area contributed by atoms with Gasteiger partial charge in [-0.15, -0.1) is 0 Å². The van der Waals surface area contributed by atoms with Crippen LogP contribution in [0.5, 0.6) is 0 Å². The summed E-state index contributed by atoms with van der Waals surface area (Å²) in [5, 5.41) is 0. The standard InChI is InChI=1S/C14H13N3/c15-12-9-10(13-3-1-7-16-13)5-6-11(12)14-4-2-8-17-14/h1-9,16-17H,15H2. The second-order valence-electron chi connectivity index (χ2n) is 3.97. The molecule has 2 heterocycles. The molecule has 0 aliphatic rings. The van der Waals surface area contributed by atoms with Crippen LogP contribution in [0.3, 0.4) is 0 Å². The topological polar surface area (TPSA) is 57.6 Å². The summed E-state index contributed by atoms with van der Waals surface area (Å²) in [4.78, 5) is 6.33. The number of rotatable bonds is 2. The fraction of sp³-hybridized carbons (Fsp3) is 0. The Morgan fingerprint density at radius 1 is 0.824 bits per heavy atom. The highest BCUT2D eigenvalue weighted by atomic mass is 14.7. The third-order valence-corrected chi connectivity index (χ3v) is 2.85. The normalized spacial score (nSPS) is 10.6. The molecule has 1 aromatic carbocycles. The van der Waals surface area contributed by atoms with Crippen LogP contribution in [0.1, 0.15) is 0 Å². The van der Waals surface area contributed by atoms with Crippen LogP contribution in [-0.4, -0.2) is 9.97 Å². The summed E-state index contributed by atoms with van der Waals surface area (Å²) >= 11 is 0. The summed E-state index contributed by atoms with van der Waals surface area (Å²) in [6.45, 7) is 0. The van der Waals surface area contributed by atoms with Gasteiger partial charge in [0.05, 0.1) is 0 Å². The minimum atomic E-state index is 0.777. The van der Waals surface area contributed by atoms with E-state index in [1.165, 1.54) is 0 Å². The van der Waals surface area contributed by atoms with Crippen molar-refractivity contribution in [1.82, 2.24) is 9.97 Å².